The summed E-state index contributed by atoms with van der Waals surface area (Å²) in [6.45, 7) is 1.84. The van der Waals surface area contributed by atoms with Gasteiger partial charge < -0.3 is 19.2 Å². The van der Waals surface area contributed by atoms with Crippen molar-refractivity contribution in [1.29, 1.82) is 0 Å². The molecular weight excluding hydrogens is 586 g/mol. The maximum Gasteiger partial charge on any atom is 0.337 e. The van der Waals surface area contributed by atoms with Crippen LogP contribution in [0.3, 0.4) is 0 Å². The summed E-state index contributed by atoms with van der Waals surface area (Å²) in [4.78, 5) is 33.0. The summed E-state index contributed by atoms with van der Waals surface area (Å²) >= 11 is 1.92. The van der Waals surface area contributed by atoms with E-state index in [1.807, 2.05) is 11.8 Å². The number of rotatable bonds is 14. The first-order valence-corrected chi connectivity index (χ1v) is 15.9. The molecule has 0 unspecified atom stereocenters. The summed E-state index contributed by atoms with van der Waals surface area (Å²) in [7, 11) is 1.31. The van der Waals surface area contributed by atoms with E-state index in [0.717, 1.165) is 12.2 Å². The van der Waals surface area contributed by atoms with Gasteiger partial charge in [-0.15, -0.1) is 11.8 Å². The Balaban J connectivity index is 1.12. The van der Waals surface area contributed by atoms with Crippen LogP contribution in [0.15, 0.2) is 119 Å². The van der Waals surface area contributed by atoms with E-state index in [4.69, 9.17) is 13.9 Å². The lowest BCUT2D eigenvalue weighted by molar-refractivity contribution is -0.146. The van der Waals surface area contributed by atoms with Gasteiger partial charge in [-0.05, 0) is 42.2 Å². The van der Waals surface area contributed by atoms with Gasteiger partial charge in [0.1, 0.15) is 12.9 Å². The van der Waals surface area contributed by atoms with Gasteiger partial charge in [-0.3, -0.25) is 4.79 Å². The van der Waals surface area contributed by atoms with Gasteiger partial charge in [-0.2, -0.15) is 0 Å². The predicted octanol–water partition coefficient (Wildman–Crippen LogP) is 6.45. The second-order valence-corrected chi connectivity index (χ2v) is 12.1. The lowest BCUT2D eigenvalue weighted by atomic mass is 9.84. The molecule has 1 N–H and O–H groups in total. The zero-order valence-corrected chi connectivity index (χ0v) is 26.3. The first-order chi connectivity index (χ1) is 21.9. The van der Waals surface area contributed by atoms with Gasteiger partial charge in [-0.1, -0.05) is 103 Å². The lowest BCUT2D eigenvalue weighted by Crippen LogP contribution is -2.35. The highest BCUT2D eigenvalue weighted by molar-refractivity contribution is 8.00. The van der Waals surface area contributed by atoms with Crippen molar-refractivity contribution in [2.75, 3.05) is 19.5 Å². The van der Waals surface area contributed by atoms with E-state index < -0.39 is 11.5 Å². The summed E-state index contributed by atoms with van der Waals surface area (Å²) in [5.41, 5.74) is 2.99. The molecule has 5 rings (SSSR count). The van der Waals surface area contributed by atoms with Crippen LogP contribution in [-0.4, -0.2) is 47.8 Å². The van der Waals surface area contributed by atoms with Crippen LogP contribution in [0.5, 0.6) is 0 Å². The van der Waals surface area contributed by atoms with Gasteiger partial charge in [0.2, 0.25) is 17.7 Å². The molecule has 1 atom stereocenters. The molecule has 4 aromatic rings. The second-order valence-electron chi connectivity index (χ2n) is 10.8. The lowest BCUT2D eigenvalue weighted by Gasteiger charge is -2.35. The van der Waals surface area contributed by atoms with E-state index in [2.05, 4.69) is 118 Å². The Bertz CT molecular complexity index is 1530. The highest BCUT2D eigenvalue weighted by Crippen LogP contribution is 2.48. The zero-order chi connectivity index (χ0) is 31.5. The second kappa shape index (κ2) is 14.9. The molecule has 0 fully saturated rings. The van der Waals surface area contributed by atoms with Crippen LogP contribution < -0.4 is 5.32 Å². The largest absolute Gasteiger partial charge is 0.473 e. The fraction of sp³-hybridized carbons (Fsp3) is 0.278. The molecule has 1 aromatic heterocycles. The summed E-state index contributed by atoms with van der Waals surface area (Å²) in [6.07, 6.45) is 7.47. The minimum atomic E-state index is -1.11. The number of aliphatic imine (C=N–C) groups is 1. The Morgan fingerprint density at radius 3 is 2.09 bits per heavy atom. The fourth-order valence-corrected chi connectivity index (χ4v) is 6.67. The molecule has 0 radical (unpaired) electrons. The van der Waals surface area contributed by atoms with E-state index in [1.165, 1.54) is 30.1 Å². The molecule has 0 aliphatic carbocycles. The van der Waals surface area contributed by atoms with Crippen LogP contribution in [0.25, 0.3) is 0 Å². The number of nitrogens with zero attached hydrogens (tertiary/aromatic N) is 2. The third-order valence-electron chi connectivity index (χ3n) is 7.52. The van der Waals surface area contributed by atoms with E-state index >= 15 is 0 Å². The van der Waals surface area contributed by atoms with Crippen LogP contribution in [0, 0.1) is 0 Å². The molecule has 0 bridgehead atoms. The molecule has 9 heteroatoms. The molecule has 8 nitrogen and oxygen atoms in total. The molecule has 45 heavy (non-hydrogen) atoms. The summed E-state index contributed by atoms with van der Waals surface area (Å²) < 4.78 is 15.4. The van der Waals surface area contributed by atoms with Crippen LogP contribution in [0.4, 0.5) is 0 Å². The molecule has 1 amide bonds. The summed E-state index contributed by atoms with van der Waals surface area (Å²) in [5.74, 6) is 0.851. The van der Waals surface area contributed by atoms with Crippen LogP contribution in [-0.2, 0) is 30.4 Å². The Morgan fingerprint density at radius 1 is 0.933 bits per heavy atom. The van der Waals surface area contributed by atoms with Crippen LogP contribution >= 0.6 is 11.8 Å². The number of aromatic nitrogens is 1. The fourth-order valence-electron chi connectivity index (χ4n) is 5.20. The molecule has 0 saturated carbocycles. The first-order valence-electron chi connectivity index (χ1n) is 14.9. The standard InChI is InChI=1S/C36H37N3O5S/c1-35(34(41)42-2)26-44-33(39-35)30-25-43-32(38-30)24-37-31(40)22-14-3-4-15-23-45-36(27-16-8-5-9-17-27,28-18-10-6-11-19-28)29-20-12-7-13-21-29/h3-13,16-21,25H,14-15,22-24,26H2,1-2H3,(H,37,40)/b4-3+/t35-/m0/s1. The van der Waals surface area contributed by atoms with Gasteiger partial charge in [0.05, 0.1) is 18.4 Å². The van der Waals surface area contributed by atoms with Crippen molar-refractivity contribution in [2.45, 2.75) is 43.0 Å². The van der Waals surface area contributed by atoms with Crippen LogP contribution in [0.1, 0.15) is 54.5 Å². The molecule has 2 heterocycles. The van der Waals surface area contributed by atoms with Gasteiger partial charge in [-0.25, -0.2) is 14.8 Å². The number of hydrogen-bond acceptors (Lipinski definition) is 8. The normalized spacial score (nSPS) is 16.3. The van der Waals surface area contributed by atoms with Crippen molar-refractivity contribution in [1.82, 2.24) is 10.3 Å². The number of allylic oxidation sites excluding steroid dienone is 2. The minimum absolute atomic E-state index is 0.0636. The molecule has 232 valence electrons. The van der Waals surface area contributed by atoms with Crippen molar-refractivity contribution in [3.63, 3.8) is 0 Å². The number of hydrogen-bond donors (Lipinski definition) is 1. The van der Waals surface area contributed by atoms with Gasteiger partial charge in [0, 0.05) is 6.42 Å². The third kappa shape index (κ3) is 7.54. The monoisotopic (exact) mass is 623 g/mol. The van der Waals surface area contributed by atoms with Crippen molar-refractivity contribution in [2.24, 2.45) is 4.99 Å². The van der Waals surface area contributed by atoms with Gasteiger partial charge in [0.25, 0.3) is 0 Å². The van der Waals surface area contributed by atoms with Crippen molar-refractivity contribution in [3.8, 4) is 0 Å². The van der Waals surface area contributed by atoms with Gasteiger partial charge >= 0.3 is 5.97 Å². The molecule has 1 aliphatic rings. The third-order valence-corrected chi connectivity index (χ3v) is 9.10. The average molecular weight is 624 g/mol. The number of thioether (sulfide) groups is 1. The molecular formula is C36H37N3O5S. The highest BCUT2D eigenvalue weighted by Gasteiger charge is 2.41. The smallest absolute Gasteiger partial charge is 0.337 e. The Labute approximate surface area is 268 Å². The van der Waals surface area contributed by atoms with Crippen molar-refractivity contribution < 1.29 is 23.5 Å². The van der Waals surface area contributed by atoms with E-state index in [1.54, 1.807) is 6.92 Å². The summed E-state index contributed by atoms with van der Waals surface area (Å²) in [6, 6.07) is 32.0. The number of esters is 1. The zero-order valence-electron chi connectivity index (χ0n) is 25.5. The number of carbonyl (C=O) groups is 2. The number of oxazole rings is 1. The number of methoxy groups -OCH3 is 1. The number of carbonyl (C=O) groups excluding carboxylic acids is 2. The quantitative estimate of drug-likeness (QED) is 0.0745. The van der Waals surface area contributed by atoms with Crippen molar-refractivity contribution >= 4 is 29.5 Å². The Morgan fingerprint density at radius 2 is 1.51 bits per heavy atom. The Kier molecular flexibility index (Phi) is 10.5. The highest BCUT2D eigenvalue weighted by atomic mass is 32.2. The number of amides is 1. The predicted molar refractivity (Wildman–Crippen MR) is 176 cm³/mol. The molecule has 3 aromatic carbocycles. The number of benzene rings is 3. The average Bonchev–Trinajstić information content (AvgIpc) is 3.73. The molecule has 1 aliphatic heterocycles. The SMILES string of the molecule is COC(=O)[C@]1(C)COC(c2coc(CNC(=O)CC/C=C/CCSC(c3ccccc3)(c3ccccc3)c3ccccc3)n2)=N1. The maximum atomic E-state index is 12.4. The summed E-state index contributed by atoms with van der Waals surface area (Å²) in [5, 5.41) is 2.83. The van der Waals surface area contributed by atoms with E-state index in [9.17, 15) is 9.59 Å². The minimum Gasteiger partial charge on any atom is -0.473 e. The number of ether oxygens (including phenoxy) is 2. The number of nitrogens with one attached hydrogen (secondary N) is 1. The first kappa shape index (κ1) is 31.8. The van der Waals surface area contributed by atoms with Crippen LogP contribution in [0.2, 0.25) is 0 Å². The maximum absolute atomic E-state index is 12.4. The topological polar surface area (TPSA) is 103 Å². The molecule has 0 saturated heterocycles. The van der Waals surface area contributed by atoms with Crippen molar-refractivity contribution in [3.05, 3.63) is 138 Å². The van der Waals surface area contributed by atoms with E-state index in [-0.39, 0.29) is 29.7 Å². The van der Waals surface area contributed by atoms with E-state index in [0.29, 0.717) is 24.4 Å². The molecule has 0 spiro atoms. The van der Waals surface area contributed by atoms with Gasteiger partial charge in [0.15, 0.2) is 11.2 Å². The Hall–Kier alpha value is -4.63.